The summed E-state index contributed by atoms with van der Waals surface area (Å²) in [6.45, 7) is -0.335. The van der Waals surface area contributed by atoms with Crippen molar-refractivity contribution in [1.29, 1.82) is 0 Å². The molecule has 0 aliphatic carbocycles. The Kier molecular flexibility index (Phi) is 5.24. The van der Waals surface area contributed by atoms with Crippen LogP contribution in [0.5, 0.6) is 0 Å². The largest absolute Gasteiger partial charge is 0.479 e. The summed E-state index contributed by atoms with van der Waals surface area (Å²) < 4.78 is 38.8. The molecule has 0 spiro atoms. The van der Waals surface area contributed by atoms with Gasteiger partial charge in [-0.3, -0.25) is 0 Å². The van der Waals surface area contributed by atoms with Gasteiger partial charge in [0.25, 0.3) is 0 Å². The lowest BCUT2D eigenvalue weighted by atomic mass is 10.3. The summed E-state index contributed by atoms with van der Waals surface area (Å²) >= 11 is 5.49. The maximum absolute atomic E-state index is 13.4. The SMILES string of the molecule is O=C(O)[C@@H](O)CCNS(=O)(=O)c1ccc(Cl)cc1F. The molecular formula is C10H11ClFNO5S. The summed E-state index contributed by atoms with van der Waals surface area (Å²) in [6, 6.07) is 3.06. The number of carbonyl (C=O) groups is 1. The number of hydrogen-bond donors (Lipinski definition) is 3. The van der Waals surface area contributed by atoms with E-state index in [-0.39, 0.29) is 18.0 Å². The highest BCUT2D eigenvalue weighted by Gasteiger charge is 2.20. The van der Waals surface area contributed by atoms with Crippen LogP contribution in [0.25, 0.3) is 0 Å². The van der Waals surface area contributed by atoms with Crippen LogP contribution in [0.3, 0.4) is 0 Å². The first-order valence-corrected chi connectivity index (χ1v) is 6.96. The lowest BCUT2D eigenvalue weighted by molar-refractivity contribution is -0.146. The number of aliphatic carboxylic acids is 1. The van der Waals surface area contributed by atoms with Gasteiger partial charge in [-0.25, -0.2) is 22.3 Å². The molecule has 1 aromatic rings. The smallest absolute Gasteiger partial charge is 0.332 e. The first-order valence-electron chi connectivity index (χ1n) is 5.09. The Hall–Kier alpha value is -1.22. The standard InChI is InChI=1S/C10H11ClFNO5S/c11-6-1-2-9(7(12)5-6)19(17,18)13-4-3-8(14)10(15)16/h1-2,5,8,13-14H,3-4H2,(H,15,16)/t8-/m0/s1. The van der Waals surface area contributed by atoms with Gasteiger partial charge in [0.1, 0.15) is 10.7 Å². The van der Waals surface area contributed by atoms with Crippen molar-refractivity contribution in [1.82, 2.24) is 4.72 Å². The van der Waals surface area contributed by atoms with Crippen LogP contribution in [-0.2, 0) is 14.8 Å². The topological polar surface area (TPSA) is 104 Å². The number of aliphatic hydroxyl groups excluding tert-OH is 1. The maximum atomic E-state index is 13.4. The van der Waals surface area contributed by atoms with E-state index >= 15 is 0 Å². The van der Waals surface area contributed by atoms with Crippen LogP contribution in [-0.4, -0.2) is 37.2 Å². The molecule has 19 heavy (non-hydrogen) atoms. The van der Waals surface area contributed by atoms with Crippen molar-refractivity contribution >= 4 is 27.6 Å². The molecule has 0 aromatic heterocycles. The molecule has 1 aromatic carbocycles. The third-order valence-electron chi connectivity index (χ3n) is 2.18. The van der Waals surface area contributed by atoms with Crippen molar-refractivity contribution < 1.29 is 27.8 Å². The average molecular weight is 312 g/mol. The van der Waals surface area contributed by atoms with Gasteiger partial charge in [-0.1, -0.05) is 11.6 Å². The maximum Gasteiger partial charge on any atom is 0.332 e. The third-order valence-corrected chi connectivity index (χ3v) is 3.91. The summed E-state index contributed by atoms with van der Waals surface area (Å²) in [6.07, 6.45) is -2.01. The van der Waals surface area contributed by atoms with Gasteiger partial charge in [0.15, 0.2) is 6.10 Å². The van der Waals surface area contributed by atoms with Gasteiger partial charge in [-0.2, -0.15) is 0 Å². The lowest BCUT2D eigenvalue weighted by Crippen LogP contribution is -2.30. The van der Waals surface area contributed by atoms with Crippen molar-refractivity contribution in [2.75, 3.05) is 6.54 Å². The van der Waals surface area contributed by atoms with E-state index in [1.807, 2.05) is 4.72 Å². The number of carboxylic acids is 1. The van der Waals surface area contributed by atoms with E-state index in [1.165, 1.54) is 6.07 Å². The second-order valence-corrected chi connectivity index (χ2v) is 5.79. The van der Waals surface area contributed by atoms with E-state index in [2.05, 4.69) is 0 Å². The Morgan fingerprint density at radius 2 is 2.11 bits per heavy atom. The molecular weight excluding hydrogens is 301 g/mol. The number of nitrogens with one attached hydrogen (secondary N) is 1. The second-order valence-electron chi connectivity index (χ2n) is 3.62. The summed E-state index contributed by atoms with van der Waals surface area (Å²) in [5.41, 5.74) is 0. The van der Waals surface area contributed by atoms with Gasteiger partial charge < -0.3 is 10.2 Å². The minimum absolute atomic E-state index is 0.0535. The molecule has 0 fully saturated rings. The van der Waals surface area contributed by atoms with Gasteiger partial charge in [-0.15, -0.1) is 0 Å². The first-order chi connectivity index (χ1) is 8.74. The van der Waals surface area contributed by atoms with Crippen molar-refractivity contribution in [3.05, 3.63) is 29.0 Å². The first kappa shape index (κ1) is 15.8. The molecule has 1 atom stereocenters. The molecule has 0 heterocycles. The molecule has 9 heteroatoms. The van der Waals surface area contributed by atoms with E-state index in [0.29, 0.717) is 0 Å². The normalized spacial score (nSPS) is 13.2. The Morgan fingerprint density at radius 1 is 1.47 bits per heavy atom. The Labute approximate surface area is 113 Å². The number of aliphatic hydroxyl groups is 1. The van der Waals surface area contributed by atoms with E-state index < -0.39 is 32.8 Å². The van der Waals surface area contributed by atoms with Crippen LogP contribution in [0.4, 0.5) is 4.39 Å². The van der Waals surface area contributed by atoms with Crippen LogP contribution in [0, 0.1) is 5.82 Å². The number of benzene rings is 1. The fraction of sp³-hybridized carbons (Fsp3) is 0.300. The molecule has 3 N–H and O–H groups in total. The predicted octanol–water partition coefficient (Wildman–Crippen LogP) is 0.593. The number of sulfonamides is 1. The molecule has 0 saturated heterocycles. The van der Waals surface area contributed by atoms with Crippen LogP contribution in [0.1, 0.15) is 6.42 Å². The van der Waals surface area contributed by atoms with Crippen LogP contribution >= 0.6 is 11.6 Å². The summed E-state index contributed by atoms with van der Waals surface area (Å²) in [7, 11) is -4.12. The Morgan fingerprint density at radius 3 is 2.63 bits per heavy atom. The van der Waals surface area contributed by atoms with Crippen LogP contribution < -0.4 is 4.72 Å². The molecule has 106 valence electrons. The molecule has 0 unspecified atom stereocenters. The molecule has 6 nitrogen and oxygen atoms in total. The van der Waals surface area contributed by atoms with Gasteiger partial charge in [0.05, 0.1) is 0 Å². The fourth-order valence-electron chi connectivity index (χ4n) is 1.22. The summed E-state index contributed by atoms with van der Waals surface area (Å²) in [5, 5.41) is 17.4. The monoisotopic (exact) mass is 311 g/mol. The molecule has 0 radical (unpaired) electrons. The molecule has 0 aliphatic heterocycles. The zero-order chi connectivity index (χ0) is 14.6. The molecule has 0 amide bonds. The highest BCUT2D eigenvalue weighted by atomic mass is 35.5. The quantitative estimate of drug-likeness (QED) is 0.713. The minimum atomic E-state index is -4.12. The Bertz CT molecular complexity index is 577. The average Bonchev–Trinajstić information content (AvgIpc) is 2.27. The highest BCUT2D eigenvalue weighted by molar-refractivity contribution is 7.89. The molecule has 0 aliphatic rings. The van der Waals surface area contributed by atoms with Gasteiger partial charge >= 0.3 is 5.97 Å². The van der Waals surface area contributed by atoms with Gasteiger partial charge in [0, 0.05) is 11.6 Å². The number of halogens is 2. The molecule has 0 saturated carbocycles. The van der Waals surface area contributed by atoms with Gasteiger partial charge in [-0.05, 0) is 24.6 Å². The van der Waals surface area contributed by atoms with Crippen molar-refractivity contribution in [3.63, 3.8) is 0 Å². The van der Waals surface area contributed by atoms with E-state index in [1.54, 1.807) is 0 Å². The van der Waals surface area contributed by atoms with Crippen molar-refractivity contribution in [2.24, 2.45) is 0 Å². The molecule has 1 rings (SSSR count). The fourth-order valence-corrected chi connectivity index (χ4v) is 2.49. The zero-order valence-electron chi connectivity index (χ0n) is 9.51. The zero-order valence-corrected chi connectivity index (χ0v) is 11.1. The van der Waals surface area contributed by atoms with E-state index in [4.69, 9.17) is 21.8 Å². The number of rotatable bonds is 6. The van der Waals surface area contributed by atoms with Gasteiger partial charge in [0.2, 0.25) is 10.0 Å². The van der Waals surface area contributed by atoms with E-state index in [0.717, 1.165) is 12.1 Å². The van der Waals surface area contributed by atoms with Crippen molar-refractivity contribution in [2.45, 2.75) is 17.4 Å². The van der Waals surface area contributed by atoms with Crippen LogP contribution in [0.2, 0.25) is 5.02 Å². The van der Waals surface area contributed by atoms with Crippen molar-refractivity contribution in [3.8, 4) is 0 Å². The second kappa shape index (κ2) is 6.29. The number of hydrogen-bond acceptors (Lipinski definition) is 4. The summed E-state index contributed by atoms with van der Waals surface area (Å²) in [5.74, 6) is -2.48. The molecule has 0 bridgehead atoms. The number of carboxylic acid groups (broad SMARTS) is 1. The van der Waals surface area contributed by atoms with E-state index in [9.17, 15) is 17.6 Å². The Balaban J connectivity index is 2.74. The van der Waals surface area contributed by atoms with Crippen LogP contribution in [0.15, 0.2) is 23.1 Å². The summed E-state index contributed by atoms with van der Waals surface area (Å²) in [4.78, 5) is 9.72. The minimum Gasteiger partial charge on any atom is -0.479 e. The third kappa shape index (κ3) is 4.43. The lowest BCUT2D eigenvalue weighted by Gasteiger charge is -2.09. The predicted molar refractivity (Wildman–Crippen MR) is 64.9 cm³/mol. The highest BCUT2D eigenvalue weighted by Crippen LogP contribution is 2.18.